The van der Waals surface area contributed by atoms with Crippen LogP contribution in [0.4, 0.5) is 17.1 Å². The number of benzene rings is 3. The Morgan fingerprint density at radius 1 is 0.640 bits per heavy atom. The number of hydrogen-bond donors (Lipinski definition) is 2. The van der Waals surface area contributed by atoms with Crippen molar-refractivity contribution in [2.24, 2.45) is 0 Å². The number of anilines is 3. The Kier molecular flexibility index (Phi) is 5.07. The summed E-state index contributed by atoms with van der Waals surface area (Å²) in [6.07, 6.45) is 0. The van der Waals surface area contributed by atoms with Crippen LogP contribution in [0.5, 0.6) is 5.75 Å². The molecule has 0 aliphatic heterocycles. The maximum Gasteiger partial charge on any atom is 0.707 e. The van der Waals surface area contributed by atoms with E-state index in [1.165, 1.54) is 11.1 Å². The maximum atomic E-state index is 8.92. The molecule has 5 heteroatoms. The monoisotopic (exact) mass is 333 g/mol. The highest BCUT2D eigenvalue weighted by Gasteiger charge is 2.14. The van der Waals surface area contributed by atoms with Crippen LogP contribution in [0.3, 0.4) is 0 Å². The van der Waals surface area contributed by atoms with Crippen molar-refractivity contribution in [3.8, 4) is 5.75 Å². The first kappa shape index (κ1) is 17.1. The summed E-state index contributed by atoms with van der Waals surface area (Å²) < 4.78 is 4.88. The molecule has 126 valence electrons. The van der Waals surface area contributed by atoms with Gasteiger partial charge in [0.2, 0.25) is 0 Å². The summed E-state index contributed by atoms with van der Waals surface area (Å²) in [5.74, 6) is 0.395. The van der Waals surface area contributed by atoms with E-state index in [0.29, 0.717) is 5.75 Å². The predicted molar refractivity (Wildman–Crippen MR) is 101 cm³/mol. The summed E-state index contributed by atoms with van der Waals surface area (Å²) in [6, 6.07) is 23.8. The summed E-state index contributed by atoms with van der Waals surface area (Å²) in [5.41, 5.74) is 5.45. The lowest BCUT2D eigenvalue weighted by Crippen LogP contribution is -2.20. The lowest BCUT2D eigenvalue weighted by Gasteiger charge is -2.26. The van der Waals surface area contributed by atoms with Crippen molar-refractivity contribution in [3.05, 3.63) is 83.9 Å². The highest BCUT2D eigenvalue weighted by molar-refractivity contribution is 6.33. The van der Waals surface area contributed by atoms with E-state index in [1.54, 1.807) is 12.1 Å². The zero-order valence-electron chi connectivity index (χ0n) is 14.3. The smallest absolute Gasteiger partial charge is 0.512 e. The van der Waals surface area contributed by atoms with Crippen LogP contribution in [0.2, 0.25) is 0 Å². The van der Waals surface area contributed by atoms with Crippen LogP contribution in [0.15, 0.2) is 72.8 Å². The summed E-state index contributed by atoms with van der Waals surface area (Å²) in [5, 5.41) is 17.8. The molecule has 0 atom stereocenters. The Balaban J connectivity index is 2.01. The molecule has 2 N–H and O–H groups in total. The molecule has 0 unspecified atom stereocenters. The zero-order chi connectivity index (χ0) is 17.8. The van der Waals surface area contributed by atoms with Crippen LogP contribution in [0, 0.1) is 13.8 Å². The van der Waals surface area contributed by atoms with E-state index >= 15 is 0 Å². The van der Waals surface area contributed by atoms with Gasteiger partial charge in [-0.15, -0.1) is 0 Å². The van der Waals surface area contributed by atoms with Gasteiger partial charge >= 0.3 is 7.32 Å². The van der Waals surface area contributed by atoms with Crippen LogP contribution in [-0.2, 0) is 0 Å². The highest BCUT2D eigenvalue weighted by Crippen LogP contribution is 2.35. The van der Waals surface area contributed by atoms with Gasteiger partial charge in [0.05, 0.1) is 0 Å². The summed E-state index contributed by atoms with van der Waals surface area (Å²) in [4.78, 5) is 2.14. The van der Waals surface area contributed by atoms with Crippen molar-refractivity contribution in [3.63, 3.8) is 0 Å². The van der Waals surface area contributed by atoms with Crippen LogP contribution in [-0.4, -0.2) is 17.4 Å². The maximum absolute atomic E-state index is 8.92. The van der Waals surface area contributed by atoms with E-state index in [-0.39, 0.29) is 0 Å². The molecular formula is C20H20BNO3. The molecule has 0 bridgehead atoms. The quantitative estimate of drug-likeness (QED) is 0.690. The molecule has 0 saturated heterocycles. The van der Waals surface area contributed by atoms with Gasteiger partial charge in [-0.1, -0.05) is 35.4 Å². The lowest BCUT2D eigenvalue weighted by molar-refractivity contribution is 0.288. The first-order valence-corrected chi connectivity index (χ1v) is 8.09. The van der Waals surface area contributed by atoms with Gasteiger partial charge in [0.15, 0.2) is 0 Å². The summed E-state index contributed by atoms with van der Waals surface area (Å²) in [7, 11) is -1.82. The minimum Gasteiger partial charge on any atom is -0.512 e. The van der Waals surface area contributed by atoms with Crippen LogP contribution >= 0.6 is 0 Å². The molecule has 0 aliphatic rings. The number of rotatable bonds is 5. The third-order valence-corrected chi connectivity index (χ3v) is 3.92. The molecule has 0 amide bonds. The van der Waals surface area contributed by atoms with Crippen LogP contribution in [0.25, 0.3) is 0 Å². The van der Waals surface area contributed by atoms with Gasteiger partial charge in [-0.2, -0.15) is 0 Å². The largest absolute Gasteiger partial charge is 0.707 e. The normalized spacial score (nSPS) is 10.4. The van der Waals surface area contributed by atoms with Crippen LogP contribution in [0.1, 0.15) is 11.1 Å². The van der Waals surface area contributed by atoms with Crippen LogP contribution < -0.4 is 9.55 Å². The fourth-order valence-corrected chi connectivity index (χ4v) is 2.63. The van der Waals surface area contributed by atoms with E-state index in [4.69, 9.17) is 14.7 Å². The fourth-order valence-electron chi connectivity index (χ4n) is 2.63. The molecule has 0 radical (unpaired) electrons. The Hall–Kier alpha value is -2.76. The van der Waals surface area contributed by atoms with Gasteiger partial charge in [-0.3, -0.25) is 0 Å². The van der Waals surface area contributed by atoms with Crippen molar-refractivity contribution >= 4 is 24.4 Å². The molecule has 3 aromatic carbocycles. The first-order valence-electron chi connectivity index (χ1n) is 8.09. The van der Waals surface area contributed by atoms with Crippen molar-refractivity contribution in [1.29, 1.82) is 0 Å². The average Bonchev–Trinajstić information content (AvgIpc) is 2.59. The Bertz CT molecular complexity index is 770. The van der Waals surface area contributed by atoms with E-state index in [1.807, 2.05) is 12.1 Å². The van der Waals surface area contributed by atoms with E-state index in [9.17, 15) is 0 Å². The van der Waals surface area contributed by atoms with Crippen molar-refractivity contribution in [1.82, 2.24) is 0 Å². The van der Waals surface area contributed by atoms with Gasteiger partial charge in [0.25, 0.3) is 0 Å². The predicted octanol–water partition coefficient (Wildman–Crippen LogP) is 4.12. The van der Waals surface area contributed by atoms with E-state index in [2.05, 4.69) is 67.3 Å². The molecule has 0 aromatic heterocycles. The lowest BCUT2D eigenvalue weighted by atomic mass is 10.1. The molecule has 0 saturated carbocycles. The first-order chi connectivity index (χ1) is 12.0. The molecular weight excluding hydrogens is 313 g/mol. The Morgan fingerprint density at radius 3 is 1.36 bits per heavy atom. The Morgan fingerprint density at radius 2 is 1.00 bits per heavy atom. The van der Waals surface area contributed by atoms with Gasteiger partial charge in [0.1, 0.15) is 5.75 Å². The second-order valence-electron chi connectivity index (χ2n) is 5.94. The molecule has 0 aliphatic carbocycles. The molecule has 0 fully saturated rings. The second-order valence-corrected chi connectivity index (χ2v) is 5.94. The molecule has 3 aromatic rings. The topological polar surface area (TPSA) is 52.9 Å². The SMILES string of the molecule is Cc1ccc(N(c2ccc(C)cc2)c2ccc(OB(O)O)cc2)cc1. The third kappa shape index (κ3) is 4.21. The molecule has 4 nitrogen and oxygen atoms in total. The van der Waals surface area contributed by atoms with Gasteiger partial charge in [0, 0.05) is 17.1 Å². The molecule has 0 heterocycles. The standard InChI is InChI=1S/C20H20BNO3/c1-15-3-7-17(8-4-15)22(18-9-5-16(2)6-10-18)19-11-13-20(14-12-19)25-21(23)24/h3-14,23-24H,1-2H3. The Labute approximate surface area is 148 Å². The van der Waals surface area contributed by atoms with Crippen molar-refractivity contribution < 1.29 is 14.7 Å². The number of hydrogen-bond acceptors (Lipinski definition) is 4. The van der Waals surface area contributed by atoms with Crippen molar-refractivity contribution in [2.45, 2.75) is 13.8 Å². The van der Waals surface area contributed by atoms with E-state index in [0.717, 1.165) is 17.1 Å². The summed E-state index contributed by atoms with van der Waals surface area (Å²) >= 11 is 0. The second kappa shape index (κ2) is 7.42. The fraction of sp³-hybridized carbons (Fsp3) is 0.100. The minimum absolute atomic E-state index is 0.395. The number of nitrogens with zero attached hydrogens (tertiary/aromatic N) is 1. The summed E-state index contributed by atoms with van der Waals surface area (Å²) in [6.45, 7) is 4.12. The average molecular weight is 333 g/mol. The van der Waals surface area contributed by atoms with Gasteiger partial charge in [-0.25, -0.2) is 0 Å². The third-order valence-electron chi connectivity index (χ3n) is 3.92. The highest BCUT2D eigenvalue weighted by atomic mass is 16.6. The van der Waals surface area contributed by atoms with Crippen molar-refractivity contribution in [2.75, 3.05) is 4.90 Å². The van der Waals surface area contributed by atoms with Gasteiger partial charge < -0.3 is 19.6 Å². The number of aryl methyl sites for hydroxylation is 2. The molecule has 0 spiro atoms. The van der Waals surface area contributed by atoms with Gasteiger partial charge in [-0.05, 0) is 62.4 Å². The van der Waals surface area contributed by atoms with E-state index < -0.39 is 7.32 Å². The zero-order valence-corrected chi connectivity index (χ0v) is 14.3. The minimum atomic E-state index is -1.82. The molecule has 3 rings (SSSR count). The molecule has 25 heavy (non-hydrogen) atoms.